The zero-order valence-corrected chi connectivity index (χ0v) is 22.8. The first-order chi connectivity index (χ1) is 18.8. The van der Waals surface area contributed by atoms with Crippen molar-refractivity contribution in [3.8, 4) is 5.88 Å². The molecule has 5 rings (SSSR count). The maximum absolute atomic E-state index is 13.4. The lowest BCUT2D eigenvalue weighted by Gasteiger charge is -2.17. The molecule has 0 aliphatic heterocycles. The number of aromatic amines is 1. The molecule has 0 bridgehead atoms. The van der Waals surface area contributed by atoms with Crippen LogP contribution in [0.2, 0.25) is 5.02 Å². The molecule has 4 aromatic carbocycles. The molecule has 0 aliphatic carbocycles. The second-order valence-corrected chi connectivity index (χ2v) is 10.1. The van der Waals surface area contributed by atoms with Gasteiger partial charge >= 0.3 is 0 Å². The van der Waals surface area contributed by atoms with Gasteiger partial charge < -0.3 is 19.9 Å². The van der Waals surface area contributed by atoms with E-state index in [2.05, 4.69) is 22.0 Å². The average Bonchev–Trinajstić information content (AvgIpc) is 3.27. The molecule has 0 aliphatic rings. The molecule has 0 saturated heterocycles. The fraction of sp³-hybridized carbons (Fsp3) is 0.125. The number of H-pyrrole nitrogens is 1. The maximum atomic E-state index is 13.4. The Kier molecular flexibility index (Phi) is 7.50. The van der Waals surface area contributed by atoms with E-state index in [1.54, 1.807) is 54.4 Å². The van der Waals surface area contributed by atoms with Gasteiger partial charge in [0.05, 0.1) is 17.0 Å². The van der Waals surface area contributed by atoms with Crippen LogP contribution in [0.5, 0.6) is 5.88 Å². The molecule has 1 aromatic heterocycles. The minimum Gasteiger partial charge on any atom is -0.494 e. The van der Waals surface area contributed by atoms with Crippen molar-refractivity contribution in [2.24, 2.45) is 4.99 Å². The molecule has 0 unspecified atom stereocenters. The van der Waals surface area contributed by atoms with E-state index in [4.69, 9.17) is 16.6 Å². The second-order valence-electron chi connectivity index (χ2n) is 9.68. The minimum atomic E-state index is -0.180. The summed E-state index contributed by atoms with van der Waals surface area (Å²) in [6, 6.07) is 30.3. The summed E-state index contributed by atoms with van der Waals surface area (Å²) >= 11 is 6.02. The van der Waals surface area contributed by atoms with Crippen LogP contribution in [0.15, 0.2) is 102 Å². The predicted molar refractivity (Wildman–Crippen MR) is 160 cm³/mol. The lowest BCUT2D eigenvalue weighted by atomic mass is 9.99. The number of benzene rings is 4. The Bertz CT molecular complexity index is 1640. The molecule has 0 fully saturated rings. The number of anilines is 1. The van der Waals surface area contributed by atoms with Gasteiger partial charge in [-0.1, -0.05) is 54.1 Å². The number of carbonyl (C=O) groups excluding carboxylic acids is 1. The fourth-order valence-corrected chi connectivity index (χ4v) is 4.68. The zero-order valence-electron chi connectivity index (χ0n) is 22.0. The van der Waals surface area contributed by atoms with Crippen LogP contribution >= 0.6 is 11.6 Å². The van der Waals surface area contributed by atoms with E-state index < -0.39 is 0 Å². The lowest BCUT2D eigenvalue weighted by molar-refractivity contribution is 0.0993. The number of hydrogen-bond donors (Lipinski definition) is 2. The molecule has 7 heteroatoms. The van der Waals surface area contributed by atoms with Gasteiger partial charge in [0.25, 0.3) is 5.91 Å². The number of nitrogens with one attached hydrogen (secondary N) is 1. The number of carbonyl (C=O) groups is 1. The van der Waals surface area contributed by atoms with Crippen molar-refractivity contribution in [1.29, 1.82) is 0 Å². The number of fused-ring (bicyclic) bond motifs is 1. The van der Waals surface area contributed by atoms with Gasteiger partial charge in [-0.2, -0.15) is 0 Å². The van der Waals surface area contributed by atoms with Crippen molar-refractivity contribution < 1.29 is 9.90 Å². The van der Waals surface area contributed by atoms with E-state index in [-0.39, 0.29) is 11.8 Å². The Balaban J connectivity index is 1.60. The maximum Gasteiger partial charge on any atom is 0.258 e. The normalized spacial score (nSPS) is 11.8. The van der Waals surface area contributed by atoms with Gasteiger partial charge in [-0.25, -0.2) is 4.99 Å². The third-order valence-corrected chi connectivity index (χ3v) is 6.76. The first kappa shape index (κ1) is 26.2. The Morgan fingerprint density at radius 3 is 2.23 bits per heavy atom. The van der Waals surface area contributed by atoms with Crippen molar-refractivity contribution in [3.63, 3.8) is 0 Å². The number of halogens is 1. The number of aliphatic imine (C=N–C) groups is 1. The van der Waals surface area contributed by atoms with Crippen LogP contribution in [0.4, 0.5) is 11.4 Å². The third kappa shape index (κ3) is 5.72. The highest BCUT2D eigenvalue weighted by molar-refractivity contribution is 6.30. The van der Waals surface area contributed by atoms with E-state index in [1.807, 2.05) is 56.6 Å². The molecule has 1 amide bonds. The summed E-state index contributed by atoms with van der Waals surface area (Å²) in [5.41, 5.74) is 5.86. The van der Waals surface area contributed by atoms with Crippen molar-refractivity contribution in [1.82, 2.24) is 9.88 Å². The SMILES string of the molecule is CN(C)Cc1ccc(N=C(c2ccccc2)c2c(O)[nH]c3ccc(C(=O)N(C)c4ccc(Cl)cc4)cc23)cc1. The summed E-state index contributed by atoms with van der Waals surface area (Å²) in [7, 11) is 5.79. The Morgan fingerprint density at radius 2 is 1.56 bits per heavy atom. The molecule has 0 radical (unpaired) electrons. The summed E-state index contributed by atoms with van der Waals surface area (Å²) in [5, 5.41) is 12.4. The summed E-state index contributed by atoms with van der Waals surface area (Å²) in [6.45, 7) is 0.833. The number of aromatic nitrogens is 1. The molecule has 6 nitrogen and oxygen atoms in total. The molecule has 2 N–H and O–H groups in total. The monoisotopic (exact) mass is 536 g/mol. The molecular weight excluding hydrogens is 508 g/mol. The molecule has 1 heterocycles. The summed E-state index contributed by atoms with van der Waals surface area (Å²) < 4.78 is 0. The topological polar surface area (TPSA) is 71.9 Å². The molecular formula is C32H29ClN4O2. The van der Waals surface area contributed by atoms with E-state index in [0.717, 1.165) is 23.5 Å². The highest BCUT2D eigenvalue weighted by atomic mass is 35.5. The second kappa shape index (κ2) is 11.2. The van der Waals surface area contributed by atoms with E-state index in [1.165, 1.54) is 5.56 Å². The molecule has 39 heavy (non-hydrogen) atoms. The van der Waals surface area contributed by atoms with Gasteiger partial charge in [0.15, 0.2) is 5.88 Å². The summed E-state index contributed by atoms with van der Waals surface area (Å²) in [6.07, 6.45) is 0. The quantitative estimate of drug-likeness (QED) is 0.219. The highest BCUT2D eigenvalue weighted by Gasteiger charge is 2.21. The van der Waals surface area contributed by atoms with Crippen molar-refractivity contribution in [2.45, 2.75) is 6.54 Å². The molecule has 0 spiro atoms. The zero-order chi connectivity index (χ0) is 27.5. The van der Waals surface area contributed by atoms with E-state index >= 15 is 0 Å². The summed E-state index contributed by atoms with van der Waals surface area (Å²) in [5.74, 6) is -0.187. The lowest BCUT2D eigenvalue weighted by Crippen LogP contribution is -2.26. The van der Waals surface area contributed by atoms with E-state index in [0.29, 0.717) is 32.8 Å². The van der Waals surface area contributed by atoms with Gasteiger partial charge in [-0.05, 0) is 74.3 Å². The molecule has 0 atom stereocenters. The van der Waals surface area contributed by atoms with Crippen molar-refractivity contribution in [2.75, 3.05) is 26.0 Å². The number of nitrogens with zero attached hydrogens (tertiary/aromatic N) is 3. The van der Waals surface area contributed by atoms with Crippen LogP contribution in [0, 0.1) is 0 Å². The minimum absolute atomic E-state index is 0.00696. The number of amides is 1. The van der Waals surface area contributed by atoms with Gasteiger partial charge in [0, 0.05) is 46.3 Å². The largest absolute Gasteiger partial charge is 0.494 e. The van der Waals surface area contributed by atoms with Crippen LogP contribution in [0.25, 0.3) is 10.9 Å². The molecule has 5 aromatic rings. The van der Waals surface area contributed by atoms with E-state index in [9.17, 15) is 9.90 Å². The Hall–Kier alpha value is -4.39. The first-order valence-corrected chi connectivity index (χ1v) is 12.9. The first-order valence-electron chi connectivity index (χ1n) is 12.6. The molecule has 196 valence electrons. The van der Waals surface area contributed by atoms with Gasteiger partial charge in [0.1, 0.15) is 0 Å². The standard InChI is InChI=1S/C32H29ClN4O2/c1-36(2)20-21-9-14-25(15-10-21)34-30(22-7-5-4-6-8-22)29-27-19-23(11-18-28(27)35-31(29)38)32(39)37(3)26-16-12-24(33)13-17-26/h4-19,35,38H,20H2,1-3H3. The van der Waals surface area contributed by atoms with Gasteiger partial charge in [-0.3, -0.25) is 4.79 Å². The highest BCUT2D eigenvalue weighted by Crippen LogP contribution is 2.33. The van der Waals surface area contributed by atoms with Crippen LogP contribution in [-0.4, -0.2) is 47.8 Å². The predicted octanol–water partition coefficient (Wildman–Crippen LogP) is 7.03. The number of hydrogen-bond acceptors (Lipinski definition) is 4. The van der Waals surface area contributed by atoms with Gasteiger partial charge in [-0.15, -0.1) is 0 Å². The average molecular weight is 537 g/mol. The smallest absolute Gasteiger partial charge is 0.258 e. The molecule has 0 saturated carbocycles. The number of rotatable bonds is 7. The fourth-order valence-electron chi connectivity index (χ4n) is 4.56. The van der Waals surface area contributed by atoms with Crippen molar-refractivity contribution in [3.05, 3.63) is 124 Å². The van der Waals surface area contributed by atoms with Crippen LogP contribution in [0.3, 0.4) is 0 Å². The third-order valence-electron chi connectivity index (χ3n) is 6.50. The van der Waals surface area contributed by atoms with Crippen LogP contribution < -0.4 is 4.90 Å². The van der Waals surface area contributed by atoms with Crippen LogP contribution in [-0.2, 0) is 6.54 Å². The van der Waals surface area contributed by atoms with Gasteiger partial charge in [0.2, 0.25) is 0 Å². The van der Waals surface area contributed by atoms with Crippen molar-refractivity contribution >= 4 is 45.5 Å². The van der Waals surface area contributed by atoms with Crippen LogP contribution in [0.1, 0.15) is 27.0 Å². The number of aromatic hydroxyl groups is 1. The Morgan fingerprint density at radius 1 is 0.872 bits per heavy atom. The summed E-state index contributed by atoms with van der Waals surface area (Å²) in [4.78, 5) is 25.1. The Labute approximate surface area is 232 Å².